The standard InChI is InChI=1S/C14H16N2O2S/c17-19(18,16-10-11-6-7-15-9-11)14-5-4-12-2-1-3-13(12)8-14/h4-9,15-16H,1-3,10H2. The zero-order valence-electron chi connectivity index (χ0n) is 10.5. The van der Waals surface area contributed by atoms with Crippen LogP contribution in [0.2, 0.25) is 0 Å². The van der Waals surface area contributed by atoms with Gasteiger partial charge in [0.1, 0.15) is 0 Å². The number of hydrogen-bond acceptors (Lipinski definition) is 2. The third-order valence-corrected chi connectivity index (χ3v) is 4.91. The fraction of sp³-hybridized carbons (Fsp3) is 0.286. The van der Waals surface area contributed by atoms with Crippen LogP contribution < -0.4 is 4.72 Å². The van der Waals surface area contributed by atoms with Crippen LogP contribution in [0, 0.1) is 0 Å². The Morgan fingerprint density at radius 3 is 2.79 bits per heavy atom. The molecule has 0 atom stereocenters. The highest BCUT2D eigenvalue weighted by molar-refractivity contribution is 7.89. The highest BCUT2D eigenvalue weighted by Gasteiger charge is 2.18. The van der Waals surface area contributed by atoms with Gasteiger partial charge in [-0.25, -0.2) is 13.1 Å². The predicted molar refractivity (Wildman–Crippen MR) is 73.3 cm³/mol. The first kappa shape index (κ1) is 12.4. The zero-order chi connectivity index (χ0) is 13.3. The van der Waals surface area contributed by atoms with Gasteiger partial charge in [-0.05, 0) is 54.2 Å². The van der Waals surface area contributed by atoms with Crippen molar-refractivity contribution in [3.8, 4) is 0 Å². The first-order valence-corrected chi connectivity index (χ1v) is 7.87. The van der Waals surface area contributed by atoms with Crippen molar-refractivity contribution in [2.45, 2.75) is 30.7 Å². The average Bonchev–Trinajstić information content (AvgIpc) is 3.06. The van der Waals surface area contributed by atoms with E-state index in [1.807, 2.05) is 18.2 Å². The van der Waals surface area contributed by atoms with Gasteiger partial charge in [0.05, 0.1) is 4.90 Å². The number of fused-ring (bicyclic) bond motifs is 1. The summed E-state index contributed by atoms with van der Waals surface area (Å²) in [5.41, 5.74) is 3.37. The minimum absolute atomic E-state index is 0.308. The summed E-state index contributed by atoms with van der Waals surface area (Å²) >= 11 is 0. The lowest BCUT2D eigenvalue weighted by atomic mass is 10.1. The molecule has 4 nitrogen and oxygen atoms in total. The number of aryl methyl sites for hydroxylation is 2. The Labute approximate surface area is 112 Å². The van der Waals surface area contributed by atoms with Crippen molar-refractivity contribution in [3.05, 3.63) is 53.3 Å². The van der Waals surface area contributed by atoms with Crippen molar-refractivity contribution in [3.63, 3.8) is 0 Å². The Kier molecular flexibility index (Phi) is 3.16. The number of nitrogens with one attached hydrogen (secondary N) is 2. The molecule has 0 spiro atoms. The van der Waals surface area contributed by atoms with E-state index in [4.69, 9.17) is 0 Å². The van der Waals surface area contributed by atoms with Gasteiger partial charge in [-0.2, -0.15) is 0 Å². The minimum atomic E-state index is -3.42. The number of benzene rings is 1. The summed E-state index contributed by atoms with van der Waals surface area (Å²) in [7, 11) is -3.42. The number of H-pyrrole nitrogens is 1. The molecule has 0 unspecified atom stereocenters. The number of rotatable bonds is 4. The predicted octanol–water partition coefficient (Wildman–Crippen LogP) is 1.98. The van der Waals surface area contributed by atoms with E-state index in [1.165, 1.54) is 11.1 Å². The maximum Gasteiger partial charge on any atom is 0.240 e. The Balaban J connectivity index is 1.80. The van der Waals surface area contributed by atoms with E-state index in [0.717, 1.165) is 24.8 Å². The highest BCUT2D eigenvalue weighted by Crippen LogP contribution is 2.24. The van der Waals surface area contributed by atoms with Crippen LogP contribution in [0.25, 0.3) is 0 Å². The lowest BCUT2D eigenvalue weighted by Crippen LogP contribution is -2.23. The summed E-state index contributed by atoms with van der Waals surface area (Å²) in [6.07, 6.45) is 6.72. The second-order valence-corrected chi connectivity index (χ2v) is 6.59. The van der Waals surface area contributed by atoms with E-state index in [0.29, 0.717) is 11.4 Å². The van der Waals surface area contributed by atoms with Crippen LogP contribution in [0.15, 0.2) is 41.6 Å². The summed E-state index contributed by atoms with van der Waals surface area (Å²) in [6, 6.07) is 7.30. The van der Waals surface area contributed by atoms with E-state index in [-0.39, 0.29) is 0 Å². The molecule has 0 aliphatic heterocycles. The summed E-state index contributed by atoms with van der Waals surface area (Å²) in [6.45, 7) is 0.308. The Bertz CT molecular complexity index is 675. The van der Waals surface area contributed by atoms with Gasteiger partial charge in [-0.3, -0.25) is 0 Å². The van der Waals surface area contributed by atoms with Crippen molar-refractivity contribution in [1.82, 2.24) is 9.71 Å². The van der Waals surface area contributed by atoms with Crippen LogP contribution in [0.1, 0.15) is 23.1 Å². The Morgan fingerprint density at radius 2 is 2.00 bits per heavy atom. The van der Waals surface area contributed by atoms with Gasteiger partial charge in [-0.1, -0.05) is 6.07 Å². The maximum atomic E-state index is 12.2. The summed E-state index contributed by atoms with van der Waals surface area (Å²) < 4.78 is 27.0. The second-order valence-electron chi connectivity index (χ2n) is 4.83. The van der Waals surface area contributed by atoms with Crippen LogP contribution in [0.5, 0.6) is 0 Å². The molecule has 100 valence electrons. The van der Waals surface area contributed by atoms with Gasteiger partial charge >= 0.3 is 0 Å². The van der Waals surface area contributed by atoms with Crippen LogP contribution in [-0.2, 0) is 29.4 Å². The molecule has 1 aromatic carbocycles. The SMILES string of the molecule is O=S(=O)(NCc1cc[nH]c1)c1ccc2c(c1)CCC2. The molecule has 3 rings (SSSR count). The Hall–Kier alpha value is -1.59. The van der Waals surface area contributed by atoms with Crippen LogP contribution in [0.3, 0.4) is 0 Å². The Morgan fingerprint density at radius 1 is 1.16 bits per heavy atom. The quantitative estimate of drug-likeness (QED) is 0.897. The number of aromatic amines is 1. The summed E-state index contributed by atoms with van der Waals surface area (Å²) in [4.78, 5) is 3.27. The molecule has 1 aliphatic carbocycles. The third-order valence-electron chi connectivity index (χ3n) is 3.51. The van der Waals surface area contributed by atoms with E-state index in [9.17, 15) is 8.42 Å². The van der Waals surface area contributed by atoms with Crippen LogP contribution >= 0.6 is 0 Å². The van der Waals surface area contributed by atoms with Gasteiger partial charge in [0, 0.05) is 18.9 Å². The van der Waals surface area contributed by atoms with Crippen molar-refractivity contribution < 1.29 is 8.42 Å². The topological polar surface area (TPSA) is 62.0 Å². The average molecular weight is 276 g/mol. The van der Waals surface area contributed by atoms with Crippen LogP contribution in [-0.4, -0.2) is 13.4 Å². The summed E-state index contributed by atoms with van der Waals surface area (Å²) in [5, 5.41) is 0. The van der Waals surface area contributed by atoms with Gasteiger partial charge in [0.15, 0.2) is 0 Å². The summed E-state index contributed by atoms with van der Waals surface area (Å²) in [5.74, 6) is 0. The molecule has 0 saturated heterocycles. The lowest BCUT2D eigenvalue weighted by Gasteiger charge is -2.07. The second kappa shape index (κ2) is 4.83. The van der Waals surface area contributed by atoms with E-state index in [1.54, 1.807) is 18.5 Å². The van der Waals surface area contributed by atoms with E-state index < -0.39 is 10.0 Å². The van der Waals surface area contributed by atoms with Crippen molar-refractivity contribution in [2.75, 3.05) is 0 Å². The molecule has 0 radical (unpaired) electrons. The molecule has 1 aromatic heterocycles. The molecule has 0 saturated carbocycles. The molecule has 2 aromatic rings. The highest BCUT2D eigenvalue weighted by atomic mass is 32.2. The van der Waals surface area contributed by atoms with E-state index >= 15 is 0 Å². The van der Waals surface area contributed by atoms with Crippen LogP contribution in [0.4, 0.5) is 0 Å². The first-order chi connectivity index (χ1) is 9.15. The van der Waals surface area contributed by atoms with Gasteiger partial charge in [0.2, 0.25) is 10.0 Å². The van der Waals surface area contributed by atoms with Crippen molar-refractivity contribution in [2.24, 2.45) is 0 Å². The van der Waals surface area contributed by atoms with Crippen molar-refractivity contribution >= 4 is 10.0 Å². The maximum absolute atomic E-state index is 12.2. The zero-order valence-corrected chi connectivity index (χ0v) is 11.3. The molecule has 0 amide bonds. The van der Waals surface area contributed by atoms with Gasteiger partial charge < -0.3 is 4.98 Å². The first-order valence-electron chi connectivity index (χ1n) is 6.38. The molecular weight excluding hydrogens is 260 g/mol. The van der Waals surface area contributed by atoms with Crippen molar-refractivity contribution in [1.29, 1.82) is 0 Å². The molecule has 1 aliphatic rings. The molecule has 2 N–H and O–H groups in total. The molecule has 5 heteroatoms. The van der Waals surface area contributed by atoms with Gasteiger partial charge in [-0.15, -0.1) is 0 Å². The normalized spacial score (nSPS) is 14.5. The third kappa shape index (κ3) is 2.57. The number of sulfonamides is 1. The minimum Gasteiger partial charge on any atom is -0.367 e. The van der Waals surface area contributed by atoms with Gasteiger partial charge in [0.25, 0.3) is 0 Å². The fourth-order valence-corrected chi connectivity index (χ4v) is 3.51. The molecule has 19 heavy (non-hydrogen) atoms. The molecule has 1 heterocycles. The molecular formula is C14H16N2O2S. The monoisotopic (exact) mass is 276 g/mol. The molecule has 0 fully saturated rings. The number of hydrogen-bond donors (Lipinski definition) is 2. The lowest BCUT2D eigenvalue weighted by molar-refractivity contribution is 0.581. The fourth-order valence-electron chi connectivity index (χ4n) is 2.45. The smallest absolute Gasteiger partial charge is 0.240 e. The van der Waals surface area contributed by atoms with E-state index in [2.05, 4.69) is 9.71 Å². The largest absolute Gasteiger partial charge is 0.367 e. The molecule has 0 bridgehead atoms. The number of aromatic nitrogens is 1.